The van der Waals surface area contributed by atoms with Gasteiger partial charge in [0.2, 0.25) is 5.88 Å². The van der Waals surface area contributed by atoms with Crippen molar-refractivity contribution in [3.8, 4) is 5.88 Å². The fourth-order valence-electron chi connectivity index (χ4n) is 3.28. The van der Waals surface area contributed by atoms with E-state index in [9.17, 15) is 18.0 Å². The van der Waals surface area contributed by atoms with Crippen LogP contribution in [-0.2, 0) is 15.7 Å². The zero-order valence-electron chi connectivity index (χ0n) is 16.3. The van der Waals surface area contributed by atoms with Gasteiger partial charge in [-0.1, -0.05) is 0 Å². The summed E-state index contributed by atoms with van der Waals surface area (Å²) in [5.74, 6) is -0.456. The summed E-state index contributed by atoms with van der Waals surface area (Å²) in [5, 5.41) is 3.34. The number of pyridine rings is 1. The molecule has 0 aromatic carbocycles. The van der Waals surface area contributed by atoms with Gasteiger partial charge in [0, 0.05) is 17.8 Å². The average molecular weight is 388 g/mol. The van der Waals surface area contributed by atoms with Crippen LogP contribution in [0.25, 0.3) is 0 Å². The molecule has 1 saturated heterocycles. The number of carbonyl (C=O) groups excluding carboxylic acids is 1. The number of esters is 1. The van der Waals surface area contributed by atoms with Crippen molar-refractivity contribution in [3.63, 3.8) is 0 Å². The molecule has 1 aliphatic rings. The van der Waals surface area contributed by atoms with Gasteiger partial charge in [0.15, 0.2) is 0 Å². The van der Waals surface area contributed by atoms with Crippen molar-refractivity contribution >= 4 is 5.97 Å². The molecule has 2 heterocycles. The summed E-state index contributed by atoms with van der Waals surface area (Å²) in [6, 6.07) is 2.14. The Bertz CT molecular complexity index is 652. The second-order valence-corrected chi connectivity index (χ2v) is 8.39. The highest BCUT2D eigenvalue weighted by molar-refractivity contribution is 5.75. The molecule has 1 aromatic heterocycles. The topological polar surface area (TPSA) is 60.5 Å². The number of carbonyl (C=O) groups is 1. The summed E-state index contributed by atoms with van der Waals surface area (Å²) in [6.45, 7) is 10.3. The van der Waals surface area contributed by atoms with Gasteiger partial charge in [0.1, 0.15) is 5.60 Å². The maximum absolute atomic E-state index is 12.6. The molecule has 0 bridgehead atoms. The number of ether oxygens (including phenoxy) is 2. The molecule has 0 spiro atoms. The summed E-state index contributed by atoms with van der Waals surface area (Å²) < 4.78 is 48.7. The van der Waals surface area contributed by atoms with E-state index in [-0.39, 0.29) is 30.3 Å². The van der Waals surface area contributed by atoms with E-state index in [2.05, 4.69) is 10.3 Å². The number of alkyl halides is 3. The van der Waals surface area contributed by atoms with Crippen LogP contribution in [0.1, 0.15) is 46.6 Å². The van der Waals surface area contributed by atoms with Gasteiger partial charge in [-0.05, 0) is 59.6 Å². The van der Waals surface area contributed by atoms with Gasteiger partial charge in [0.05, 0.1) is 18.1 Å². The molecule has 8 heteroatoms. The summed E-state index contributed by atoms with van der Waals surface area (Å²) in [6.07, 6.45) is -3.12. The van der Waals surface area contributed by atoms with Gasteiger partial charge >= 0.3 is 12.1 Å². The van der Waals surface area contributed by atoms with E-state index in [4.69, 9.17) is 9.47 Å². The Labute approximate surface area is 157 Å². The summed E-state index contributed by atoms with van der Waals surface area (Å²) in [4.78, 5) is 16.3. The molecule has 2 rings (SSSR count). The molecule has 27 heavy (non-hydrogen) atoms. The first-order valence-electron chi connectivity index (χ1n) is 8.93. The Balaban J connectivity index is 1.95. The van der Waals surface area contributed by atoms with Crippen molar-refractivity contribution in [2.75, 3.05) is 13.2 Å². The molecule has 152 valence electrons. The number of hydrogen-bond donors (Lipinski definition) is 1. The quantitative estimate of drug-likeness (QED) is 0.777. The number of rotatable bonds is 5. The maximum atomic E-state index is 12.6. The maximum Gasteiger partial charge on any atom is 0.417 e. The fraction of sp³-hybridized carbons (Fsp3) is 0.684. The van der Waals surface area contributed by atoms with Gasteiger partial charge in [0.25, 0.3) is 0 Å². The monoisotopic (exact) mass is 388 g/mol. The molecule has 0 radical (unpaired) electrons. The van der Waals surface area contributed by atoms with Crippen molar-refractivity contribution in [1.29, 1.82) is 0 Å². The van der Waals surface area contributed by atoms with Crippen molar-refractivity contribution in [2.45, 2.75) is 58.4 Å². The summed E-state index contributed by atoms with van der Waals surface area (Å²) >= 11 is 0. The highest BCUT2D eigenvalue weighted by Gasteiger charge is 2.47. The minimum atomic E-state index is -4.42. The van der Waals surface area contributed by atoms with Crippen LogP contribution in [0.4, 0.5) is 13.2 Å². The first-order chi connectivity index (χ1) is 12.3. The number of aromatic nitrogens is 1. The van der Waals surface area contributed by atoms with E-state index in [1.807, 2.05) is 34.6 Å². The first-order valence-corrected chi connectivity index (χ1v) is 8.93. The summed E-state index contributed by atoms with van der Waals surface area (Å²) in [7, 11) is 0. The van der Waals surface area contributed by atoms with Crippen molar-refractivity contribution in [2.24, 2.45) is 11.8 Å². The van der Waals surface area contributed by atoms with E-state index in [0.717, 1.165) is 12.3 Å². The van der Waals surface area contributed by atoms with E-state index in [1.54, 1.807) is 0 Å². The van der Waals surface area contributed by atoms with Crippen LogP contribution in [0, 0.1) is 11.8 Å². The number of halogens is 3. The number of nitrogens with zero attached hydrogens (tertiary/aromatic N) is 1. The minimum absolute atomic E-state index is 0.00398. The molecule has 0 amide bonds. The normalized spacial score (nSPS) is 22.5. The predicted molar refractivity (Wildman–Crippen MR) is 94.3 cm³/mol. The third-order valence-electron chi connectivity index (χ3n) is 4.53. The Kier molecular flexibility index (Phi) is 6.09. The molecule has 0 saturated carbocycles. The van der Waals surface area contributed by atoms with Crippen LogP contribution in [0.5, 0.6) is 5.88 Å². The van der Waals surface area contributed by atoms with Gasteiger partial charge in [-0.3, -0.25) is 4.79 Å². The van der Waals surface area contributed by atoms with Crippen LogP contribution >= 0.6 is 0 Å². The van der Waals surface area contributed by atoms with E-state index < -0.39 is 22.9 Å². The largest absolute Gasteiger partial charge is 0.478 e. The molecular weight excluding hydrogens is 361 g/mol. The zero-order valence-corrected chi connectivity index (χ0v) is 16.3. The Morgan fingerprint density at radius 2 is 1.96 bits per heavy atom. The molecule has 0 aliphatic carbocycles. The SMILES string of the molecule is CC(C)(C)OC(=O)[C@H]1C(CCOc2ccc(C(F)(F)F)cn2)CNC1(C)C. The third-order valence-corrected chi connectivity index (χ3v) is 4.53. The molecule has 1 fully saturated rings. The molecule has 2 atom stereocenters. The van der Waals surface area contributed by atoms with Crippen LogP contribution in [-0.4, -0.2) is 35.2 Å². The van der Waals surface area contributed by atoms with Gasteiger partial charge in [-0.15, -0.1) is 0 Å². The summed E-state index contributed by atoms with van der Waals surface area (Å²) in [5.41, 5.74) is -1.79. The average Bonchev–Trinajstić information content (AvgIpc) is 2.80. The van der Waals surface area contributed by atoms with E-state index in [0.29, 0.717) is 13.0 Å². The Morgan fingerprint density at radius 3 is 2.48 bits per heavy atom. The fourth-order valence-corrected chi connectivity index (χ4v) is 3.28. The van der Waals surface area contributed by atoms with Crippen molar-refractivity contribution in [1.82, 2.24) is 10.3 Å². The third kappa shape index (κ3) is 5.82. The second-order valence-electron chi connectivity index (χ2n) is 8.39. The first kappa shape index (κ1) is 21.5. The highest BCUT2D eigenvalue weighted by atomic mass is 19.4. The Hall–Kier alpha value is -1.83. The zero-order chi connectivity index (χ0) is 20.5. The van der Waals surface area contributed by atoms with E-state index in [1.165, 1.54) is 6.07 Å². The lowest BCUT2D eigenvalue weighted by molar-refractivity contribution is -0.163. The smallest absolute Gasteiger partial charge is 0.417 e. The van der Waals surface area contributed by atoms with Crippen molar-refractivity contribution in [3.05, 3.63) is 23.9 Å². The number of nitrogens with one attached hydrogen (secondary N) is 1. The van der Waals surface area contributed by atoms with Gasteiger partial charge in [-0.2, -0.15) is 13.2 Å². The van der Waals surface area contributed by atoms with Gasteiger partial charge < -0.3 is 14.8 Å². The Morgan fingerprint density at radius 1 is 1.30 bits per heavy atom. The van der Waals surface area contributed by atoms with Crippen molar-refractivity contribution < 1.29 is 27.4 Å². The predicted octanol–water partition coefficient (Wildman–Crippen LogP) is 3.83. The van der Waals surface area contributed by atoms with Crippen LogP contribution < -0.4 is 10.1 Å². The lowest BCUT2D eigenvalue weighted by Gasteiger charge is -2.31. The molecule has 1 aliphatic heterocycles. The number of hydrogen-bond acceptors (Lipinski definition) is 5. The molecular formula is C19H27F3N2O3. The van der Waals surface area contributed by atoms with Crippen LogP contribution in [0.2, 0.25) is 0 Å². The molecule has 1 aromatic rings. The minimum Gasteiger partial charge on any atom is -0.478 e. The van der Waals surface area contributed by atoms with Crippen LogP contribution in [0.15, 0.2) is 18.3 Å². The lowest BCUT2D eigenvalue weighted by atomic mass is 9.81. The standard InChI is InChI=1S/C19H27F3N2O3/c1-17(2,3)27-16(25)15-12(10-24-18(15,4)5)8-9-26-14-7-6-13(11-23-14)19(20,21)22/h6-7,11-12,15,24H,8-10H2,1-5H3/t12?,15-/m1/s1. The molecule has 5 nitrogen and oxygen atoms in total. The second kappa shape index (κ2) is 7.66. The highest BCUT2D eigenvalue weighted by Crippen LogP contribution is 2.35. The lowest BCUT2D eigenvalue weighted by Crippen LogP contribution is -2.45. The van der Waals surface area contributed by atoms with Gasteiger partial charge in [-0.25, -0.2) is 4.98 Å². The van der Waals surface area contributed by atoms with E-state index >= 15 is 0 Å². The molecule has 1 N–H and O–H groups in total. The van der Waals surface area contributed by atoms with Crippen LogP contribution in [0.3, 0.4) is 0 Å². The molecule has 1 unspecified atom stereocenters.